The van der Waals surface area contributed by atoms with Gasteiger partial charge in [0.15, 0.2) is 0 Å². The quantitative estimate of drug-likeness (QED) is 0.775. The van der Waals surface area contributed by atoms with Gasteiger partial charge in [0.05, 0.1) is 11.3 Å². The van der Waals surface area contributed by atoms with Gasteiger partial charge in [-0.2, -0.15) is 0 Å². The fourth-order valence-electron chi connectivity index (χ4n) is 3.83. The topological polar surface area (TPSA) is 83.5 Å². The summed E-state index contributed by atoms with van der Waals surface area (Å²) >= 11 is 0. The molecule has 150 valence electrons. The lowest BCUT2D eigenvalue weighted by Gasteiger charge is -2.42. The van der Waals surface area contributed by atoms with Gasteiger partial charge in [-0.3, -0.25) is 9.52 Å². The van der Waals surface area contributed by atoms with Crippen LogP contribution in [0, 0.1) is 0 Å². The van der Waals surface area contributed by atoms with Crippen LogP contribution in [0.3, 0.4) is 0 Å². The predicted octanol–water partition coefficient (Wildman–Crippen LogP) is 4.46. The molecular weight excluding hydrogens is 374 g/mol. The number of anilines is 1. The summed E-state index contributed by atoms with van der Waals surface area (Å²) in [4.78, 5) is 10.9. The molecule has 28 heavy (non-hydrogen) atoms. The Morgan fingerprint density at radius 2 is 1.54 bits per heavy atom. The largest absolute Gasteiger partial charge is 0.481 e. The Balaban J connectivity index is 1.90. The molecule has 0 atom stereocenters. The van der Waals surface area contributed by atoms with Crippen LogP contribution in [0.4, 0.5) is 5.69 Å². The van der Waals surface area contributed by atoms with E-state index in [-0.39, 0.29) is 22.1 Å². The van der Waals surface area contributed by atoms with E-state index < -0.39 is 16.0 Å². The van der Waals surface area contributed by atoms with Crippen molar-refractivity contribution in [1.82, 2.24) is 0 Å². The van der Waals surface area contributed by atoms with Crippen LogP contribution in [0.1, 0.15) is 57.2 Å². The Bertz CT molecular complexity index is 1010. The minimum atomic E-state index is -3.75. The van der Waals surface area contributed by atoms with Crippen molar-refractivity contribution in [3.05, 3.63) is 59.2 Å². The number of carboxylic acid groups (broad SMARTS) is 1. The van der Waals surface area contributed by atoms with E-state index >= 15 is 0 Å². The lowest BCUT2D eigenvalue weighted by molar-refractivity contribution is -0.136. The van der Waals surface area contributed by atoms with Crippen molar-refractivity contribution in [2.45, 2.75) is 62.7 Å². The third-order valence-electron chi connectivity index (χ3n) is 5.69. The molecule has 0 radical (unpaired) electrons. The minimum Gasteiger partial charge on any atom is -0.481 e. The number of aliphatic carboxylic acids is 1. The molecule has 5 nitrogen and oxygen atoms in total. The zero-order chi connectivity index (χ0) is 20.7. The van der Waals surface area contributed by atoms with Crippen LogP contribution in [-0.2, 0) is 32.1 Å². The minimum absolute atomic E-state index is 0.00914. The molecule has 0 aromatic heterocycles. The number of nitrogens with one attached hydrogen (secondary N) is 1. The van der Waals surface area contributed by atoms with Crippen LogP contribution in [0.2, 0.25) is 0 Å². The Morgan fingerprint density at radius 1 is 0.964 bits per heavy atom. The molecular formula is C22H27NO4S. The fourth-order valence-corrected chi connectivity index (χ4v) is 4.88. The van der Waals surface area contributed by atoms with Crippen LogP contribution in [0.15, 0.2) is 47.4 Å². The lowest BCUT2D eigenvalue weighted by Crippen LogP contribution is -2.33. The SMILES string of the molecule is CC1(C)CCC(C)(C)c2cc(NS(=O)(=O)c3ccc(CC(=O)O)cc3)ccc21. The molecule has 0 amide bonds. The average molecular weight is 402 g/mol. The van der Waals surface area contributed by atoms with Crippen LogP contribution in [-0.4, -0.2) is 19.5 Å². The molecule has 0 spiro atoms. The number of sulfonamides is 1. The molecule has 0 unspecified atom stereocenters. The monoisotopic (exact) mass is 401 g/mol. The van der Waals surface area contributed by atoms with Crippen LogP contribution >= 0.6 is 0 Å². The van der Waals surface area contributed by atoms with Crippen molar-refractivity contribution in [1.29, 1.82) is 0 Å². The summed E-state index contributed by atoms with van der Waals surface area (Å²) in [6.45, 7) is 8.84. The van der Waals surface area contributed by atoms with Crippen LogP contribution in [0.5, 0.6) is 0 Å². The van der Waals surface area contributed by atoms with Crippen LogP contribution < -0.4 is 4.72 Å². The zero-order valence-electron chi connectivity index (χ0n) is 16.7. The average Bonchev–Trinajstić information content (AvgIpc) is 2.59. The van der Waals surface area contributed by atoms with E-state index in [1.54, 1.807) is 0 Å². The summed E-state index contributed by atoms with van der Waals surface area (Å²) in [6.07, 6.45) is 2.01. The molecule has 2 N–H and O–H groups in total. The molecule has 0 aliphatic heterocycles. The highest BCUT2D eigenvalue weighted by atomic mass is 32.2. The van der Waals surface area contributed by atoms with Gasteiger partial charge in [-0.1, -0.05) is 45.9 Å². The maximum atomic E-state index is 12.8. The molecule has 2 aromatic rings. The molecule has 1 aliphatic rings. The Hall–Kier alpha value is -2.34. The number of hydrogen-bond acceptors (Lipinski definition) is 3. The summed E-state index contributed by atoms with van der Waals surface area (Å²) in [7, 11) is -3.75. The van der Waals surface area contributed by atoms with E-state index in [2.05, 4.69) is 32.4 Å². The normalized spacial score (nSPS) is 17.6. The summed E-state index contributed by atoms with van der Waals surface area (Å²) in [6, 6.07) is 11.7. The summed E-state index contributed by atoms with van der Waals surface area (Å²) in [5.74, 6) is -0.951. The fraction of sp³-hybridized carbons (Fsp3) is 0.409. The maximum absolute atomic E-state index is 12.8. The highest BCUT2D eigenvalue weighted by Crippen LogP contribution is 2.46. The van der Waals surface area contributed by atoms with Gasteiger partial charge in [-0.25, -0.2) is 8.42 Å². The van der Waals surface area contributed by atoms with E-state index in [1.807, 2.05) is 18.2 Å². The number of rotatable bonds is 5. The van der Waals surface area contributed by atoms with Gasteiger partial charge in [0.2, 0.25) is 0 Å². The molecule has 0 saturated carbocycles. The van der Waals surface area contributed by atoms with Crippen molar-refractivity contribution < 1.29 is 18.3 Å². The number of carboxylic acids is 1. The first-order valence-corrected chi connectivity index (χ1v) is 10.9. The molecule has 6 heteroatoms. The van der Waals surface area contributed by atoms with E-state index in [0.29, 0.717) is 11.3 Å². The molecule has 1 aliphatic carbocycles. The van der Waals surface area contributed by atoms with E-state index in [1.165, 1.54) is 35.4 Å². The molecule has 0 bridgehead atoms. The molecule has 0 fully saturated rings. The van der Waals surface area contributed by atoms with Gasteiger partial charge in [-0.15, -0.1) is 0 Å². The third-order valence-corrected chi connectivity index (χ3v) is 7.09. The Labute approximate surface area is 166 Å². The molecule has 0 heterocycles. The van der Waals surface area contributed by atoms with Gasteiger partial charge in [0.25, 0.3) is 10.0 Å². The molecule has 0 saturated heterocycles. The smallest absolute Gasteiger partial charge is 0.307 e. The van der Waals surface area contributed by atoms with Gasteiger partial charge in [-0.05, 0) is 64.6 Å². The molecule has 2 aromatic carbocycles. The van der Waals surface area contributed by atoms with Crippen molar-refractivity contribution >= 4 is 21.7 Å². The van der Waals surface area contributed by atoms with E-state index in [4.69, 9.17) is 5.11 Å². The predicted molar refractivity (Wildman–Crippen MR) is 110 cm³/mol. The third kappa shape index (κ3) is 4.07. The summed E-state index contributed by atoms with van der Waals surface area (Å²) in [5, 5.41) is 8.84. The lowest BCUT2D eigenvalue weighted by atomic mass is 9.63. The van der Waals surface area contributed by atoms with E-state index in [0.717, 1.165) is 12.8 Å². The Morgan fingerprint density at radius 3 is 2.11 bits per heavy atom. The first-order chi connectivity index (χ1) is 12.9. The van der Waals surface area contributed by atoms with Gasteiger partial charge in [0.1, 0.15) is 0 Å². The number of carbonyl (C=O) groups is 1. The first kappa shape index (κ1) is 20.4. The zero-order valence-corrected chi connectivity index (χ0v) is 17.6. The number of fused-ring (bicyclic) bond motifs is 1. The first-order valence-electron chi connectivity index (χ1n) is 9.39. The highest BCUT2D eigenvalue weighted by molar-refractivity contribution is 7.92. The summed E-state index contributed by atoms with van der Waals surface area (Å²) in [5.41, 5.74) is 3.61. The number of hydrogen-bond donors (Lipinski definition) is 2. The second-order valence-corrected chi connectivity index (χ2v) is 10.5. The number of benzene rings is 2. The second-order valence-electron chi connectivity index (χ2n) is 8.85. The van der Waals surface area contributed by atoms with Gasteiger partial charge >= 0.3 is 5.97 Å². The standard InChI is InChI=1S/C22H27NO4S/c1-21(2)11-12-22(3,4)19-14-16(7-10-18(19)21)23-28(26,27)17-8-5-15(6-9-17)13-20(24)25/h5-10,14,23H,11-13H2,1-4H3,(H,24,25). The second kappa shape index (κ2) is 6.92. The Kier molecular flexibility index (Phi) is 5.04. The van der Waals surface area contributed by atoms with Crippen molar-refractivity contribution in [2.24, 2.45) is 0 Å². The summed E-state index contributed by atoms with van der Waals surface area (Å²) < 4.78 is 28.2. The van der Waals surface area contributed by atoms with Gasteiger partial charge < -0.3 is 5.11 Å². The van der Waals surface area contributed by atoms with Crippen molar-refractivity contribution in [2.75, 3.05) is 4.72 Å². The van der Waals surface area contributed by atoms with Gasteiger partial charge in [0, 0.05) is 5.69 Å². The molecule has 3 rings (SSSR count). The van der Waals surface area contributed by atoms with Crippen molar-refractivity contribution in [3.8, 4) is 0 Å². The van der Waals surface area contributed by atoms with Crippen LogP contribution in [0.25, 0.3) is 0 Å². The maximum Gasteiger partial charge on any atom is 0.307 e. The highest BCUT2D eigenvalue weighted by Gasteiger charge is 2.37. The van der Waals surface area contributed by atoms with Crippen molar-refractivity contribution in [3.63, 3.8) is 0 Å². The van der Waals surface area contributed by atoms with E-state index in [9.17, 15) is 13.2 Å².